The summed E-state index contributed by atoms with van der Waals surface area (Å²) in [5.41, 5.74) is 7.60. The first-order valence-corrected chi connectivity index (χ1v) is 4.40. The highest BCUT2D eigenvalue weighted by Crippen LogP contribution is 2.09. The fourth-order valence-corrected chi connectivity index (χ4v) is 1.34. The average molecular weight is 176 g/mol. The summed E-state index contributed by atoms with van der Waals surface area (Å²) in [5.74, 6) is 0.632. The first kappa shape index (κ1) is 8.04. The number of nitrogen functional groups attached to an aromatic ring is 1. The maximum atomic E-state index is 5.73. The normalized spacial score (nSPS) is 10.8. The van der Waals surface area contributed by atoms with Crippen LogP contribution < -0.4 is 5.73 Å². The van der Waals surface area contributed by atoms with Gasteiger partial charge in [-0.3, -0.25) is 0 Å². The van der Waals surface area contributed by atoms with Crippen LogP contribution in [-0.2, 0) is 6.42 Å². The molecule has 2 aromatic heterocycles. The van der Waals surface area contributed by atoms with Gasteiger partial charge in [-0.05, 0) is 12.5 Å². The lowest BCUT2D eigenvalue weighted by Gasteiger charge is -1.94. The van der Waals surface area contributed by atoms with Gasteiger partial charge in [0.15, 0.2) is 5.65 Å². The van der Waals surface area contributed by atoms with E-state index in [4.69, 9.17) is 5.73 Å². The number of aromatic nitrogens is 3. The molecule has 4 heteroatoms. The van der Waals surface area contributed by atoms with Crippen molar-refractivity contribution in [3.63, 3.8) is 0 Å². The molecule has 0 radical (unpaired) electrons. The Morgan fingerprint density at radius 1 is 1.54 bits per heavy atom. The smallest absolute Gasteiger partial charge is 0.157 e. The predicted octanol–water partition coefficient (Wildman–Crippen LogP) is 1.26. The summed E-state index contributed by atoms with van der Waals surface area (Å²) in [6.45, 7) is 2.13. The second kappa shape index (κ2) is 3.05. The molecular weight excluding hydrogens is 164 g/mol. The van der Waals surface area contributed by atoms with Crippen molar-refractivity contribution >= 4 is 11.5 Å². The summed E-state index contributed by atoms with van der Waals surface area (Å²) >= 11 is 0. The molecule has 2 aromatic rings. The third-order valence-electron chi connectivity index (χ3n) is 1.94. The van der Waals surface area contributed by atoms with Gasteiger partial charge in [-0.2, -0.15) is 9.61 Å². The SMILES string of the molecule is CCCc1cc2nccc(N)n2n1. The molecule has 2 N–H and O–H groups in total. The van der Waals surface area contributed by atoms with Gasteiger partial charge >= 0.3 is 0 Å². The Labute approximate surface area is 76.4 Å². The van der Waals surface area contributed by atoms with Crippen LogP contribution >= 0.6 is 0 Å². The number of aryl methyl sites for hydroxylation is 1. The zero-order valence-corrected chi connectivity index (χ0v) is 7.57. The number of anilines is 1. The third-order valence-corrected chi connectivity index (χ3v) is 1.94. The van der Waals surface area contributed by atoms with Gasteiger partial charge in [-0.1, -0.05) is 13.3 Å². The Balaban J connectivity index is 2.55. The molecule has 0 aliphatic heterocycles. The zero-order valence-electron chi connectivity index (χ0n) is 7.57. The highest BCUT2D eigenvalue weighted by atomic mass is 15.3. The van der Waals surface area contributed by atoms with Crippen LogP contribution in [0.3, 0.4) is 0 Å². The van der Waals surface area contributed by atoms with Gasteiger partial charge < -0.3 is 5.73 Å². The second-order valence-corrected chi connectivity index (χ2v) is 3.03. The second-order valence-electron chi connectivity index (χ2n) is 3.03. The number of rotatable bonds is 2. The van der Waals surface area contributed by atoms with Crippen molar-refractivity contribution in [1.29, 1.82) is 0 Å². The van der Waals surface area contributed by atoms with Gasteiger partial charge in [0.2, 0.25) is 0 Å². The number of hydrogen-bond acceptors (Lipinski definition) is 3. The first-order chi connectivity index (χ1) is 6.31. The van der Waals surface area contributed by atoms with E-state index in [-0.39, 0.29) is 0 Å². The number of nitrogens with zero attached hydrogens (tertiary/aromatic N) is 3. The van der Waals surface area contributed by atoms with Crippen LogP contribution in [0.4, 0.5) is 5.82 Å². The molecule has 0 saturated heterocycles. The minimum Gasteiger partial charge on any atom is -0.384 e. The zero-order chi connectivity index (χ0) is 9.26. The highest BCUT2D eigenvalue weighted by Gasteiger charge is 2.02. The molecule has 0 unspecified atom stereocenters. The van der Waals surface area contributed by atoms with Gasteiger partial charge in [0, 0.05) is 12.3 Å². The van der Waals surface area contributed by atoms with E-state index in [1.165, 1.54) is 0 Å². The summed E-state index contributed by atoms with van der Waals surface area (Å²) in [6.07, 6.45) is 3.76. The fraction of sp³-hybridized carbons (Fsp3) is 0.333. The van der Waals surface area contributed by atoms with Crippen LogP contribution in [0.1, 0.15) is 19.0 Å². The molecule has 68 valence electrons. The van der Waals surface area contributed by atoms with E-state index in [1.807, 2.05) is 6.07 Å². The Bertz CT molecular complexity index is 418. The van der Waals surface area contributed by atoms with Gasteiger partial charge in [-0.25, -0.2) is 4.98 Å². The summed E-state index contributed by atoms with van der Waals surface area (Å²) < 4.78 is 1.67. The molecule has 4 nitrogen and oxygen atoms in total. The van der Waals surface area contributed by atoms with Crippen molar-refractivity contribution in [3.8, 4) is 0 Å². The van der Waals surface area contributed by atoms with Gasteiger partial charge in [0.1, 0.15) is 5.82 Å². The van der Waals surface area contributed by atoms with Crippen LogP contribution in [0.2, 0.25) is 0 Å². The Morgan fingerprint density at radius 3 is 3.08 bits per heavy atom. The minimum absolute atomic E-state index is 0.632. The van der Waals surface area contributed by atoms with E-state index in [0.29, 0.717) is 5.82 Å². The van der Waals surface area contributed by atoms with E-state index < -0.39 is 0 Å². The van der Waals surface area contributed by atoms with E-state index >= 15 is 0 Å². The number of hydrogen-bond donors (Lipinski definition) is 1. The summed E-state index contributed by atoms with van der Waals surface area (Å²) in [7, 11) is 0. The first-order valence-electron chi connectivity index (χ1n) is 4.40. The number of nitrogens with two attached hydrogens (primary N) is 1. The van der Waals surface area contributed by atoms with E-state index in [1.54, 1.807) is 16.8 Å². The molecule has 0 bridgehead atoms. The van der Waals surface area contributed by atoms with E-state index in [0.717, 1.165) is 24.2 Å². The van der Waals surface area contributed by atoms with Crippen molar-refractivity contribution in [1.82, 2.24) is 14.6 Å². The van der Waals surface area contributed by atoms with Crippen LogP contribution in [-0.4, -0.2) is 14.6 Å². The van der Waals surface area contributed by atoms with Crippen molar-refractivity contribution in [2.75, 3.05) is 5.73 Å². The fourth-order valence-electron chi connectivity index (χ4n) is 1.34. The predicted molar refractivity (Wildman–Crippen MR) is 51.4 cm³/mol. The third kappa shape index (κ3) is 1.35. The molecule has 0 saturated carbocycles. The monoisotopic (exact) mass is 176 g/mol. The molecule has 0 aliphatic carbocycles. The van der Waals surface area contributed by atoms with Crippen molar-refractivity contribution in [2.24, 2.45) is 0 Å². The van der Waals surface area contributed by atoms with Crippen molar-refractivity contribution in [3.05, 3.63) is 24.0 Å². The molecule has 0 aromatic carbocycles. The topological polar surface area (TPSA) is 56.2 Å². The molecule has 0 fully saturated rings. The maximum absolute atomic E-state index is 5.73. The molecule has 0 atom stereocenters. The van der Waals surface area contributed by atoms with E-state index in [2.05, 4.69) is 17.0 Å². The summed E-state index contributed by atoms with van der Waals surface area (Å²) in [4.78, 5) is 4.17. The maximum Gasteiger partial charge on any atom is 0.157 e. The largest absolute Gasteiger partial charge is 0.384 e. The van der Waals surface area contributed by atoms with Crippen molar-refractivity contribution < 1.29 is 0 Å². The quantitative estimate of drug-likeness (QED) is 0.749. The van der Waals surface area contributed by atoms with Crippen LogP contribution in [0.15, 0.2) is 18.3 Å². The highest BCUT2D eigenvalue weighted by molar-refractivity contribution is 5.46. The van der Waals surface area contributed by atoms with E-state index in [9.17, 15) is 0 Å². The average Bonchev–Trinajstić information content (AvgIpc) is 2.49. The van der Waals surface area contributed by atoms with Crippen molar-refractivity contribution in [2.45, 2.75) is 19.8 Å². The minimum atomic E-state index is 0.632. The summed E-state index contributed by atoms with van der Waals surface area (Å²) in [5, 5.41) is 4.33. The van der Waals surface area contributed by atoms with Crippen LogP contribution in [0, 0.1) is 0 Å². The molecule has 2 rings (SSSR count). The Hall–Kier alpha value is -1.58. The summed E-state index contributed by atoms with van der Waals surface area (Å²) in [6, 6.07) is 3.72. The Kier molecular flexibility index (Phi) is 1.88. The van der Waals surface area contributed by atoms with Gasteiger partial charge in [-0.15, -0.1) is 0 Å². The molecular formula is C9H12N4. The van der Waals surface area contributed by atoms with Gasteiger partial charge in [0.05, 0.1) is 5.69 Å². The standard InChI is InChI=1S/C9H12N4/c1-2-3-7-6-9-11-5-4-8(10)13(9)12-7/h4-6H,2-3,10H2,1H3. The molecule has 0 amide bonds. The Morgan fingerprint density at radius 2 is 2.38 bits per heavy atom. The lowest BCUT2D eigenvalue weighted by atomic mass is 10.2. The van der Waals surface area contributed by atoms with Crippen LogP contribution in [0.25, 0.3) is 5.65 Å². The molecule has 0 spiro atoms. The van der Waals surface area contributed by atoms with Crippen LogP contribution in [0.5, 0.6) is 0 Å². The number of fused-ring (bicyclic) bond motifs is 1. The molecule has 0 aliphatic rings. The lowest BCUT2D eigenvalue weighted by Crippen LogP contribution is -1.99. The van der Waals surface area contributed by atoms with Gasteiger partial charge in [0.25, 0.3) is 0 Å². The molecule has 2 heterocycles. The molecule has 13 heavy (non-hydrogen) atoms. The lowest BCUT2D eigenvalue weighted by molar-refractivity contribution is 0.838.